The van der Waals surface area contributed by atoms with E-state index < -0.39 is 17.7 Å². The Balaban J connectivity index is 0.000000254. The third-order valence-corrected chi connectivity index (χ3v) is 5.59. The highest BCUT2D eigenvalue weighted by Crippen LogP contribution is 2.37. The average Bonchev–Trinajstić information content (AvgIpc) is 3.23. The molecule has 1 aliphatic heterocycles. The van der Waals surface area contributed by atoms with Crippen molar-refractivity contribution in [1.29, 1.82) is 0 Å². The molecule has 176 valence electrons. The Morgan fingerprint density at radius 1 is 1.12 bits per heavy atom. The van der Waals surface area contributed by atoms with E-state index in [1.165, 1.54) is 24.6 Å². The fraction of sp³-hybridized carbons (Fsp3) is 0.250. The highest BCUT2D eigenvalue weighted by Gasteiger charge is 2.30. The molecule has 33 heavy (non-hydrogen) atoms. The number of carbonyl (C=O) groups is 1. The van der Waals surface area contributed by atoms with E-state index in [1.807, 2.05) is 18.3 Å². The summed E-state index contributed by atoms with van der Waals surface area (Å²) in [5.74, 6) is 0.319. The van der Waals surface area contributed by atoms with Crippen LogP contribution >= 0.6 is 11.8 Å². The van der Waals surface area contributed by atoms with Gasteiger partial charge in [0, 0.05) is 18.7 Å². The number of alkyl halides is 3. The summed E-state index contributed by atoms with van der Waals surface area (Å²) in [4.78, 5) is 15.9. The van der Waals surface area contributed by atoms with Gasteiger partial charge in [-0.2, -0.15) is 13.2 Å². The SMILES string of the molecule is C=C(C)S/C(C(=O)O)=C(\C)c1cccc(C(F)(F)F)c1.COc1cc2c(cc1OC)N=CC2. The minimum atomic E-state index is -4.46. The Morgan fingerprint density at radius 2 is 1.76 bits per heavy atom. The van der Waals surface area contributed by atoms with E-state index in [4.69, 9.17) is 14.6 Å². The van der Waals surface area contributed by atoms with Crippen molar-refractivity contribution in [2.75, 3.05) is 14.2 Å². The van der Waals surface area contributed by atoms with Gasteiger partial charge in [0.2, 0.25) is 0 Å². The topological polar surface area (TPSA) is 68.1 Å². The van der Waals surface area contributed by atoms with Crippen LogP contribution in [0, 0.1) is 0 Å². The molecular formula is C24H24F3NO4S. The molecule has 1 aliphatic rings. The molecule has 3 rings (SSSR count). The summed E-state index contributed by atoms with van der Waals surface area (Å²) >= 11 is 0.928. The molecule has 0 unspecified atom stereocenters. The van der Waals surface area contributed by atoms with Crippen molar-refractivity contribution in [3.8, 4) is 11.5 Å². The van der Waals surface area contributed by atoms with Crippen LogP contribution in [0.15, 0.2) is 57.8 Å². The maximum atomic E-state index is 12.6. The number of methoxy groups -OCH3 is 2. The third kappa shape index (κ3) is 6.89. The summed E-state index contributed by atoms with van der Waals surface area (Å²) in [5, 5.41) is 9.14. The second-order valence-corrected chi connectivity index (χ2v) is 8.30. The maximum Gasteiger partial charge on any atom is 0.416 e. The molecule has 0 saturated carbocycles. The Kier molecular flexibility index (Phi) is 8.76. The highest BCUT2D eigenvalue weighted by atomic mass is 32.2. The Bertz CT molecular complexity index is 1110. The number of rotatable bonds is 6. The van der Waals surface area contributed by atoms with Crippen molar-refractivity contribution >= 4 is 35.2 Å². The van der Waals surface area contributed by atoms with Crippen LogP contribution in [0.25, 0.3) is 5.57 Å². The number of aliphatic carboxylic acids is 1. The van der Waals surface area contributed by atoms with E-state index in [9.17, 15) is 18.0 Å². The van der Waals surface area contributed by atoms with Gasteiger partial charge in [-0.1, -0.05) is 30.5 Å². The van der Waals surface area contributed by atoms with Crippen LogP contribution in [0.4, 0.5) is 18.9 Å². The summed E-state index contributed by atoms with van der Waals surface area (Å²) < 4.78 is 48.3. The number of hydrogen-bond acceptors (Lipinski definition) is 5. The van der Waals surface area contributed by atoms with Crippen LogP contribution in [0.5, 0.6) is 11.5 Å². The minimum Gasteiger partial charge on any atom is -0.493 e. The summed E-state index contributed by atoms with van der Waals surface area (Å²) in [5.41, 5.74) is 1.87. The van der Waals surface area contributed by atoms with E-state index >= 15 is 0 Å². The predicted molar refractivity (Wildman–Crippen MR) is 125 cm³/mol. The number of nitrogens with zero attached hydrogens (tertiary/aromatic N) is 1. The lowest BCUT2D eigenvalue weighted by atomic mass is 10.0. The van der Waals surface area contributed by atoms with Gasteiger partial charge < -0.3 is 14.6 Å². The zero-order chi connectivity index (χ0) is 24.8. The normalized spacial score (nSPS) is 12.8. The Labute approximate surface area is 194 Å². The van der Waals surface area contributed by atoms with E-state index in [1.54, 1.807) is 21.1 Å². The molecule has 0 radical (unpaired) electrons. The summed E-state index contributed by atoms with van der Waals surface area (Å²) in [6.07, 6.45) is -1.68. The number of halogens is 3. The van der Waals surface area contributed by atoms with Gasteiger partial charge in [0.25, 0.3) is 0 Å². The fourth-order valence-corrected chi connectivity index (χ4v) is 3.66. The lowest BCUT2D eigenvalue weighted by Gasteiger charge is -2.11. The number of ether oxygens (including phenoxy) is 2. The molecule has 2 aromatic carbocycles. The second-order valence-electron chi connectivity index (χ2n) is 6.99. The second kappa shape index (κ2) is 11.1. The number of thioether (sulfide) groups is 1. The molecule has 0 spiro atoms. The van der Waals surface area contributed by atoms with Crippen molar-refractivity contribution in [2.45, 2.75) is 26.4 Å². The number of aliphatic imine (C=N–C) groups is 1. The molecule has 9 heteroatoms. The molecule has 0 amide bonds. The molecule has 2 aromatic rings. The molecule has 0 aliphatic carbocycles. The third-order valence-electron chi connectivity index (χ3n) is 4.56. The van der Waals surface area contributed by atoms with Crippen molar-refractivity contribution in [2.24, 2.45) is 4.99 Å². The molecule has 0 aromatic heterocycles. The predicted octanol–water partition coefficient (Wildman–Crippen LogP) is 6.75. The van der Waals surface area contributed by atoms with Crippen LogP contribution < -0.4 is 9.47 Å². The van der Waals surface area contributed by atoms with Gasteiger partial charge in [-0.25, -0.2) is 4.79 Å². The van der Waals surface area contributed by atoms with Gasteiger partial charge in [-0.05, 0) is 53.7 Å². The zero-order valence-corrected chi connectivity index (χ0v) is 19.4. The number of carboxylic acids is 1. The van der Waals surface area contributed by atoms with Gasteiger partial charge in [0.1, 0.15) is 4.91 Å². The molecular weight excluding hydrogens is 455 g/mol. The molecule has 1 heterocycles. The highest BCUT2D eigenvalue weighted by molar-refractivity contribution is 8.07. The van der Waals surface area contributed by atoms with Gasteiger partial charge in [-0.3, -0.25) is 4.99 Å². The van der Waals surface area contributed by atoms with E-state index in [0.29, 0.717) is 4.91 Å². The van der Waals surface area contributed by atoms with Crippen LogP contribution in [0.1, 0.15) is 30.5 Å². The number of hydrogen-bond donors (Lipinski definition) is 1. The van der Waals surface area contributed by atoms with Gasteiger partial charge >= 0.3 is 12.1 Å². The molecule has 5 nitrogen and oxygen atoms in total. The summed E-state index contributed by atoms with van der Waals surface area (Å²) in [7, 11) is 3.27. The van der Waals surface area contributed by atoms with Crippen molar-refractivity contribution < 1.29 is 32.5 Å². The standard InChI is InChI=1S/C14H13F3O2S.C10H11NO2/c1-8(2)20-12(13(18)19)9(3)10-5-4-6-11(7-10)14(15,16)17;1-12-9-5-7-3-4-11-8(7)6-10(9)13-2/h4-7H,1H2,2-3H3,(H,18,19);4-6H,3H2,1-2H3/b12-9+;. The minimum absolute atomic E-state index is 0.0307. The van der Waals surface area contributed by atoms with Gasteiger partial charge in [0.15, 0.2) is 11.5 Å². The van der Waals surface area contributed by atoms with Crippen LogP contribution in [-0.4, -0.2) is 31.5 Å². The first kappa shape index (κ1) is 26.1. The fourth-order valence-electron chi connectivity index (χ4n) is 2.95. The molecule has 0 fully saturated rings. The molecule has 1 N–H and O–H groups in total. The molecule has 0 saturated heterocycles. The summed E-state index contributed by atoms with van der Waals surface area (Å²) in [6, 6.07) is 8.47. The van der Waals surface area contributed by atoms with Crippen molar-refractivity contribution in [1.82, 2.24) is 0 Å². The molecule has 0 bridgehead atoms. The molecule has 0 atom stereocenters. The quantitative estimate of drug-likeness (QED) is 0.464. The van der Waals surface area contributed by atoms with E-state index in [0.717, 1.165) is 47.5 Å². The monoisotopic (exact) mass is 479 g/mol. The maximum absolute atomic E-state index is 12.6. The van der Waals surface area contributed by atoms with Gasteiger partial charge in [0.05, 0.1) is 25.5 Å². The van der Waals surface area contributed by atoms with E-state index in [-0.39, 0.29) is 16.0 Å². The van der Waals surface area contributed by atoms with Crippen LogP contribution in [0.2, 0.25) is 0 Å². The zero-order valence-electron chi connectivity index (χ0n) is 18.6. The first-order chi connectivity index (χ1) is 15.5. The average molecular weight is 480 g/mol. The first-order valence-corrected chi connectivity index (χ1v) is 10.5. The van der Waals surface area contributed by atoms with Crippen LogP contribution in [0.3, 0.4) is 0 Å². The number of benzene rings is 2. The largest absolute Gasteiger partial charge is 0.493 e. The first-order valence-electron chi connectivity index (χ1n) is 9.70. The van der Waals surface area contributed by atoms with E-state index in [2.05, 4.69) is 11.6 Å². The Hall–Kier alpha value is -3.20. The lowest BCUT2D eigenvalue weighted by Crippen LogP contribution is -2.06. The Morgan fingerprint density at radius 3 is 2.30 bits per heavy atom. The van der Waals surface area contributed by atoms with Crippen LogP contribution in [-0.2, 0) is 17.4 Å². The lowest BCUT2D eigenvalue weighted by molar-refractivity contribution is -0.137. The van der Waals surface area contributed by atoms with Crippen molar-refractivity contribution in [3.05, 3.63) is 69.5 Å². The number of carboxylic acid groups (broad SMARTS) is 1. The number of allylic oxidation sites excluding steroid dienone is 2. The van der Waals surface area contributed by atoms with Gasteiger partial charge in [-0.15, -0.1) is 0 Å². The number of fused-ring (bicyclic) bond motifs is 1. The van der Waals surface area contributed by atoms with Crippen molar-refractivity contribution in [3.63, 3.8) is 0 Å². The smallest absolute Gasteiger partial charge is 0.416 e. The summed E-state index contributed by atoms with van der Waals surface area (Å²) in [6.45, 7) is 6.71.